The Morgan fingerprint density at radius 3 is 3.15 bits per heavy atom. The number of hydrogen-bond acceptors (Lipinski definition) is 4. The Kier molecular flexibility index (Phi) is 4.19. The third-order valence-corrected chi connectivity index (χ3v) is 4.80. The zero-order valence-electron chi connectivity index (χ0n) is 12.1. The summed E-state index contributed by atoms with van der Waals surface area (Å²) in [6, 6.07) is 5.40. The fourth-order valence-electron chi connectivity index (χ4n) is 2.70. The molecule has 0 fully saturated rings. The summed E-state index contributed by atoms with van der Waals surface area (Å²) in [5.41, 5.74) is 2.48. The summed E-state index contributed by atoms with van der Waals surface area (Å²) >= 11 is 1.84. The van der Waals surface area contributed by atoms with Crippen LogP contribution in [0, 0.1) is 0 Å². The second-order valence-corrected chi connectivity index (χ2v) is 6.74. The lowest BCUT2D eigenvalue weighted by Crippen LogP contribution is -2.46. The van der Waals surface area contributed by atoms with Gasteiger partial charge in [0, 0.05) is 43.0 Å². The standard InChI is InChI=1S/C15H22N4S/c1-11(2)19(9-13-4-3-5-20-13)8-12-6-14-15(7-16-12)18-10-17-14/h3-5,10-12,16H,6-9H2,1-2H3,(H,17,18). The molecule has 1 aliphatic rings. The first-order valence-corrected chi connectivity index (χ1v) is 8.11. The lowest BCUT2D eigenvalue weighted by atomic mass is 10.0. The molecule has 0 aromatic carbocycles. The second-order valence-electron chi connectivity index (χ2n) is 5.71. The number of rotatable bonds is 5. The van der Waals surface area contributed by atoms with Crippen LogP contribution >= 0.6 is 11.3 Å². The van der Waals surface area contributed by atoms with Crippen LogP contribution in [0.15, 0.2) is 23.8 Å². The molecule has 0 bridgehead atoms. The van der Waals surface area contributed by atoms with Gasteiger partial charge in [0.25, 0.3) is 0 Å². The summed E-state index contributed by atoms with van der Waals surface area (Å²) in [5.74, 6) is 0. The lowest BCUT2D eigenvalue weighted by molar-refractivity contribution is 0.186. The first kappa shape index (κ1) is 13.8. The Morgan fingerprint density at radius 1 is 1.50 bits per heavy atom. The van der Waals surface area contributed by atoms with Crippen LogP contribution in [0.2, 0.25) is 0 Å². The van der Waals surface area contributed by atoms with E-state index in [0.717, 1.165) is 26.1 Å². The van der Waals surface area contributed by atoms with Gasteiger partial charge in [0.1, 0.15) is 0 Å². The molecule has 0 spiro atoms. The first-order chi connectivity index (χ1) is 9.72. The number of aromatic nitrogens is 2. The van der Waals surface area contributed by atoms with E-state index in [9.17, 15) is 0 Å². The van der Waals surface area contributed by atoms with E-state index in [1.54, 1.807) is 6.33 Å². The molecule has 2 aromatic rings. The van der Waals surface area contributed by atoms with Gasteiger partial charge in [-0.15, -0.1) is 11.3 Å². The van der Waals surface area contributed by atoms with E-state index in [0.29, 0.717) is 12.1 Å². The molecule has 0 radical (unpaired) electrons. The largest absolute Gasteiger partial charge is 0.347 e. The van der Waals surface area contributed by atoms with Crippen molar-refractivity contribution in [3.8, 4) is 0 Å². The van der Waals surface area contributed by atoms with Gasteiger partial charge in [0.2, 0.25) is 0 Å². The highest BCUT2D eigenvalue weighted by molar-refractivity contribution is 7.09. The Balaban J connectivity index is 1.62. The fraction of sp³-hybridized carbons (Fsp3) is 0.533. The molecule has 20 heavy (non-hydrogen) atoms. The number of aromatic amines is 1. The number of fused-ring (bicyclic) bond motifs is 1. The summed E-state index contributed by atoms with van der Waals surface area (Å²) < 4.78 is 0. The number of H-pyrrole nitrogens is 1. The monoisotopic (exact) mass is 290 g/mol. The molecule has 108 valence electrons. The third kappa shape index (κ3) is 3.11. The van der Waals surface area contributed by atoms with Crippen LogP contribution in [0.5, 0.6) is 0 Å². The molecule has 0 saturated carbocycles. The molecule has 3 heterocycles. The summed E-state index contributed by atoms with van der Waals surface area (Å²) in [5, 5.41) is 5.77. The van der Waals surface area contributed by atoms with Crippen LogP contribution in [-0.4, -0.2) is 33.5 Å². The normalized spacial score (nSPS) is 18.7. The predicted molar refractivity (Wildman–Crippen MR) is 82.8 cm³/mol. The van der Waals surface area contributed by atoms with E-state index in [1.807, 2.05) is 11.3 Å². The van der Waals surface area contributed by atoms with Gasteiger partial charge in [-0.25, -0.2) is 4.98 Å². The van der Waals surface area contributed by atoms with Gasteiger partial charge in [-0.1, -0.05) is 6.07 Å². The number of nitrogens with one attached hydrogen (secondary N) is 2. The van der Waals surface area contributed by atoms with Crippen molar-refractivity contribution in [2.45, 2.75) is 45.4 Å². The Bertz CT molecular complexity index is 532. The van der Waals surface area contributed by atoms with Crippen molar-refractivity contribution in [3.05, 3.63) is 40.1 Å². The van der Waals surface area contributed by atoms with Crippen molar-refractivity contribution in [1.29, 1.82) is 0 Å². The SMILES string of the molecule is CC(C)N(Cc1cccs1)CC1Cc2nc[nH]c2CN1. The topological polar surface area (TPSA) is 44.0 Å². The van der Waals surface area contributed by atoms with E-state index >= 15 is 0 Å². The number of thiophene rings is 1. The van der Waals surface area contributed by atoms with Crippen LogP contribution in [0.3, 0.4) is 0 Å². The summed E-state index contributed by atoms with van der Waals surface area (Å²) in [6.45, 7) is 7.57. The number of nitrogens with zero attached hydrogens (tertiary/aromatic N) is 2. The first-order valence-electron chi connectivity index (χ1n) is 7.23. The Hall–Kier alpha value is -1.17. The van der Waals surface area contributed by atoms with E-state index in [2.05, 4.69) is 51.5 Å². The van der Waals surface area contributed by atoms with Crippen LogP contribution in [0.4, 0.5) is 0 Å². The zero-order chi connectivity index (χ0) is 13.9. The molecule has 2 N–H and O–H groups in total. The second kappa shape index (κ2) is 6.08. The molecule has 0 aliphatic carbocycles. The average Bonchev–Trinajstić information content (AvgIpc) is 3.07. The van der Waals surface area contributed by atoms with Crippen LogP contribution in [-0.2, 0) is 19.5 Å². The Morgan fingerprint density at radius 2 is 2.40 bits per heavy atom. The van der Waals surface area contributed by atoms with Gasteiger partial charge < -0.3 is 10.3 Å². The van der Waals surface area contributed by atoms with Crippen molar-refractivity contribution < 1.29 is 0 Å². The smallest absolute Gasteiger partial charge is 0.0925 e. The zero-order valence-corrected chi connectivity index (χ0v) is 12.9. The van der Waals surface area contributed by atoms with Gasteiger partial charge in [-0.3, -0.25) is 4.90 Å². The highest BCUT2D eigenvalue weighted by Gasteiger charge is 2.23. The Labute approximate surface area is 124 Å². The molecule has 3 rings (SSSR count). The molecule has 0 amide bonds. The van der Waals surface area contributed by atoms with Gasteiger partial charge in [-0.05, 0) is 25.3 Å². The van der Waals surface area contributed by atoms with Crippen LogP contribution in [0.25, 0.3) is 0 Å². The average molecular weight is 290 g/mol. The quantitative estimate of drug-likeness (QED) is 0.888. The molecule has 5 heteroatoms. The highest BCUT2D eigenvalue weighted by Crippen LogP contribution is 2.17. The van der Waals surface area contributed by atoms with E-state index in [1.165, 1.54) is 16.3 Å². The van der Waals surface area contributed by atoms with Crippen molar-refractivity contribution in [2.24, 2.45) is 0 Å². The predicted octanol–water partition coefficient (Wildman–Crippen LogP) is 2.40. The van der Waals surface area contributed by atoms with E-state index < -0.39 is 0 Å². The molecule has 1 unspecified atom stereocenters. The van der Waals surface area contributed by atoms with E-state index in [-0.39, 0.29) is 0 Å². The van der Waals surface area contributed by atoms with Gasteiger partial charge in [-0.2, -0.15) is 0 Å². The molecular formula is C15H22N4S. The van der Waals surface area contributed by atoms with Gasteiger partial charge in [0.15, 0.2) is 0 Å². The minimum Gasteiger partial charge on any atom is -0.347 e. The van der Waals surface area contributed by atoms with Crippen molar-refractivity contribution in [1.82, 2.24) is 20.2 Å². The maximum atomic E-state index is 4.42. The van der Waals surface area contributed by atoms with Gasteiger partial charge in [0.05, 0.1) is 17.7 Å². The molecule has 1 aliphatic heterocycles. The summed E-state index contributed by atoms with van der Waals surface area (Å²) in [4.78, 5) is 11.6. The minimum atomic E-state index is 0.494. The van der Waals surface area contributed by atoms with Gasteiger partial charge >= 0.3 is 0 Å². The summed E-state index contributed by atoms with van der Waals surface area (Å²) in [6.07, 6.45) is 2.83. The maximum Gasteiger partial charge on any atom is 0.0925 e. The highest BCUT2D eigenvalue weighted by atomic mass is 32.1. The molecular weight excluding hydrogens is 268 g/mol. The van der Waals surface area contributed by atoms with Crippen molar-refractivity contribution in [2.75, 3.05) is 6.54 Å². The summed E-state index contributed by atoms with van der Waals surface area (Å²) in [7, 11) is 0. The lowest BCUT2D eigenvalue weighted by Gasteiger charge is -2.32. The van der Waals surface area contributed by atoms with E-state index in [4.69, 9.17) is 0 Å². The fourth-order valence-corrected chi connectivity index (χ4v) is 3.43. The molecule has 4 nitrogen and oxygen atoms in total. The molecule has 2 aromatic heterocycles. The molecule has 1 atom stereocenters. The van der Waals surface area contributed by atoms with Crippen molar-refractivity contribution in [3.63, 3.8) is 0 Å². The number of hydrogen-bond donors (Lipinski definition) is 2. The van der Waals surface area contributed by atoms with Crippen LogP contribution in [0.1, 0.15) is 30.1 Å². The van der Waals surface area contributed by atoms with Crippen molar-refractivity contribution >= 4 is 11.3 Å². The minimum absolute atomic E-state index is 0.494. The molecule has 0 saturated heterocycles. The third-order valence-electron chi connectivity index (χ3n) is 3.94. The maximum absolute atomic E-state index is 4.42. The van der Waals surface area contributed by atoms with Crippen LogP contribution < -0.4 is 5.32 Å². The number of imidazole rings is 1.